The summed E-state index contributed by atoms with van der Waals surface area (Å²) in [5.74, 6) is 0. The van der Waals surface area contributed by atoms with E-state index in [0.717, 1.165) is 5.33 Å². The highest BCUT2D eigenvalue weighted by Gasteiger charge is 1.85. The molecule has 0 spiro atoms. The SMILES string of the molecule is C=CCCCCCCBr.C[S+](C)[O-]. The minimum Gasteiger partial charge on any atom is -0.617 e. The molecule has 0 rings (SSSR count). The third-order valence-electron chi connectivity index (χ3n) is 1.29. The first-order valence-corrected chi connectivity index (χ1v) is 7.65. The van der Waals surface area contributed by atoms with Crippen LogP contribution in [0.25, 0.3) is 0 Å². The van der Waals surface area contributed by atoms with Gasteiger partial charge in [0.1, 0.15) is 0 Å². The Kier molecular flexibility index (Phi) is 18.5. The van der Waals surface area contributed by atoms with Crippen molar-refractivity contribution < 1.29 is 4.55 Å². The molecule has 0 aromatic heterocycles. The van der Waals surface area contributed by atoms with Crippen LogP contribution in [0.5, 0.6) is 0 Å². The molecule has 0 aromatic carbocycles. The van der Waals surface area contributed by atoms with Crippen LogP contribution in [0.2, 0.25) is 0 Å². The monoisotopic (exact) mass is 268 g/mol. The van der Waals surface area contributed by atoms with Gasteiger partial charge in [0.2, 0.25) is 0 Å². The molecule has 0 bridgehead atoms. The zero-order valence-electron chi connectivity index (χ0n) is 8.72. The average Bonchev–Trinajstić information content (AvgIpc) is 2.03. The molecule has 1 nitrogen and oxygen atoms in total. The number of unbranched alkanes of at least 4 members (excludes halogenated alkanes) is 4. The fraction of sp³-hybridized carbons (Fsp3) is 0.800. The van der Waals surface area contributed by atoms with Crippen molar-refractivity contribution in [2.45, 2.75) is 32.1 Å². The van der Waals surface area contributed by atoms with Gasteiger partial charge in [-0.2, -0.15) is 0 Å². The van der Waals surface area contributed by atoms with E-state index < -0.39 is 11.2 Å². The van der Waals surface area contributed by atoms with Gasteiger partial charge in [-0.15, -0.1) is 6.58 Å². The maximum atomic E-state index is 9.56. The lowest BCUT2D eigenvalue weighted by atomic mass is 10.2. The topological polar surface area (TPSA) is 23.1 Å². The van der Waals surface area contributed by atoms with Gasteiger partial charge in [-0.3, -0.25) is 0 Å². The van der Waals surface area contributed by atoms with Crippen molar-refractivity contribution in [3.05, 3.63) is 12.7 Å². The predicted molar refractivity (Wildman–Crippen MR) is 67.1 cm³/mol. The van der Waals surface area contributed by atoms with Crippen molar-refractivity contribution in [3.8, 4) is 0 Å². The first-order chi connectivity index (χ1) is 6.15. The number of allylic oxidation sites excluding steroid dienone is 1. The fourth-order valence-electron chi connectivity index (χ4n) is 0.737. The molecule has 0 aromatic rings. The minimum absolute atomic E-state index is 0.611. The summed E-state index contributed by atoms with van der Waals surface area (Å²) in [5, 5.41) is 1.15. The molecule has 0 atom stereocenters. The van der Waals surface area contributed by atoms with Crippen LogP contribution in [0.1, 0.15) is 32.1 Å². The molecule has 0 saturated carbocycles. The van der Waals surface area contributed by atoms with Gasteiger partial charge in [0.15, 0.2) is 0 Å². The molecule has 0 amide bonds. The van der Waals surface area contributed by atoms with Crippen molar-refractivity contribution in [2.75, 3.05) is 17.8 Å². The van der Waals surface area contributed by atoms with E-state index in [9.17, 15) is 4.55 Å². The highest BCUT2D eigenvalue weighted by Crippen LogP contribution is 2.04. The summed E-state index contributed by atoms with van der Waals surface area (Å²) in [6.45, 7) is 3.67. The van der Waals surface area contributed by atoms with Crippen LogP contribution < -0.4 is 0 Å². The van der Waals surface area contributed by atoms with Crippen molar-refractivity contribution >= 4 is 27.1 Å². The van der Waals surface area contributed by atoms with Crippen LogP contribution in [0.4, 0.5) is 0 Å². The third-order valence-corrected chi connectivity index (χ3v) is 1.85. The molecular formula is C10H21BrOS. The zero-order chi connectivity index (χ0) is 10.5. The van der Waals surface area contributed by atoms with Gasteiger partial charge in [-0.1, -0.05) is 46.0 Å². The molecule has 80 valence electrons. The zero-order valence-corrected chi connectivity index (χ0v) is 11.1. The second-order valence-electron chi connectivity index (χ2n) is 2.92. The van der Waals surface area contributed by atoms with Gasteiger partial charge in [-0.05, 0) is 19.3 Å². The lowest BCUT2D eigenvalue weighted by molar-refractivity contribution is 0.606. The Morgan fingerprint density at radius 3 is 2.08 bits per heavy atom. The normalized spacial score (nSPS) is 9.31. The Balaban J connectivity index is 0. The molecule has 0 heterocycles. The van der Waals surface area contributed by atoms with Gasteiger partial charge in [0.05, 0.1) is 12.5 Å². The standard InChI is InChI=1S/C8H15Br.C2H6OS/c1-2-3-4-5-6-7-8-9;1-4(2)3/h2H,1,3-8H2;1-2H3. The van der Waals surface area contributed by atoms with E-state index in [2.05, 4.69) is 22.5 Å². The van der Waals surface area contributed by atoms with Crippen LogP contribution in [-0.4, -0.2) is 22.4 Å². The highest BCUT2D eigenvalue weighted by molar-refractivity contribution is 9.09. The number of halogens is 1. The Bertz CT molecular complexity index is 94.2. The Hall–Kier alpha value is 0.530. The Labute approximate surface area is 94.3 Å². The van der Waals surface area contributed by atoms with E-state index >= 15 is 0 Å². The summed E-state index contributed by atoms with van der Waals surface area (Å²) in [7, 11) is 0. The van der Waals surface area contributed by atoms with E-state index in [4.69, 9.17) is 0 Å². The maximum Gasteiger partial charge on any atom is 0.0946 e. The van der Waals surface area contributed by atoms with Crippen molar-refractivity contribution in [2.24, 2.45) is 0 Å². The molecular weight excluding hydrogens is 248 g/mol. The summed E-state index contributed by atoms with van der Waals surface area (Å²) in [6.07, 6.45) is 11.8. The quantitative estimate of drug-likeness (QED) is 0.313. The van der Waals surface area contributed by atoms with E-state index in [0.29, 0.717) is 0 Å². The summed E-state index contributed by atoms with van der Waals surface area (Å²) in [4.78, 5) is 0. The first kappa shape index (κ1) is 16.0. The van der Waals surface area contributed by atoms with E-state index in [1.54, 1.807) is 12.5 Å². The fourth-order valence-corrected chi connectivity index (χ4v) is 1.13. The molecule has 0 aliphatic carbocycles. The molecule has 0 aliphatic rings. The van der Waals surface area contributed by atoms with Gasteiger partial charge >= 0.3 is 0 Å². The van der Waals surface area contributed by atoms with E-state index in [1.165, 1.54) is 32.1 Å². The van der Waals surface area contributed by atoms with Crippen molar-refractivity contribution in [1.82, 2.24) is 0 Å². The van der Waals surface area contributed by atoms with Gasteiger partial charge in [-0.25, -0.2) is 0 Å². The minimum atomic E-state index is -0.611. The summed E-state index contributed by atoms with van der Waals surface area (Å²) >= 11 is 2.79. The summed E-state index contributed by atoms with van der Waals surface area (Å²) < 4.78 is 9.56. The van der Waals surface area contributed by atoms with Crippen LogP contribution in [0, 0.1) is 0 Å². The molecule has 0 unspecified atom stereocenters. The van der Waals surface area contributed by atoms with Gasteiger partial charge in [0, 0.05) is 5.33 Å². The number of alkyl halides is 1. The first-order valence-electron chi connectivity index (χ1n) is 4.57. The van der Waals surface area contributed by atoms with Crippen LogP contribution in [0.3, 0.4) is 0 Å². The highest BCUT2D eigenvalue weighted by atomic mass is 79.9. The molecule has 0 saturated heterocycles. The summed E-state index contributed by atoms with van der Waals surface area (Å²) in [6, 6.07) is 0. The summed E-state index contributed by atoms with van der Waals surface area (Å²) in [5.41, 5.74) is 0. The largest absolute Gasteiger partial charge is 0.617 e. The molecule has 0 fully saturated rings. The van der Waals surface area contributed by atoms with Crippen molar-refractivity contribution in [1.29, 1.82) is 0 Å². The second-order valence-corrected chi connectivity index (χ2v) is 5.20. The maximum absolute atomic E-state index is 9.56. The van der Waals surface area contributed by atoms with Gasteiger partial charge < -0.3 is 4.55 Å². The van der Waals surface area contributed by atoms with E-state index in [-0.39, 0.29) is 0 Å². The Morgan fingerprint density at radius 2 is 1.69 bits per heavy atom. The smallest absolute Gasteiger partial charge is 0.0946 e. The van der Waals surface area contributed by atoms with Crippen LogP contribution >= 0.6 is 15.9 Å². The lowest BCUT2D eigenvalue weighted by Crippen LogP contribution is -1.86. The second kappa shape index (κ2) is 15.0. The number of hydrogen-bond donors (Lipinski definition) is 0. The van der Waals surface area contributed by atoms with E-state index in [1.807, 2.05) is 6.08 Å². The number of rotatable bonds is 6. The average molecular weight is 269 g/mol. The molecule has 0 N–H and O–H groups in total. The predicted octanol–water partition coefficient (Wildman–Crippen LogP) is 3.51. The Morgan fingerprint density at radius 1 is 1.23 bits per heavy atom. The lowest BCUT2D eigenvalue weighted by Gasteiger charge is -1.93. The van der Waals surface area contributed by atoms with Crippen LogP contribution in [-0.2, 0) is 11.2 Å². The third kappa shape index (κ3) is 32.6. The van der Waals surface area contributed by atoms with Gasteiger partial charge in [0.25, 0.3) is 0 Å². The molecule has 0 aliphatic heterocycles. The number of hydrogen-bond acceptors (Lipinski definition) is 1. The van der Waals surface area contributed by atoms with Crippen LogP contribution in [0.15, 0.2) is 12.7 Å². The molecule has 3 heteroatoms. The molecule has 13 heavy (non-hydrogen) atoms. The molecule has 0 radical (unpaired) electrons. The van der Waals surface area contributed by atoms with Crippen molar-refractivity contribution in [3.63, 3.8) is 0 Å².